The summed E-state index contributed by atoms with van der Waals surface area (Å²) in [6.07, 6.45) is 9.62. The fourth-order valence-corrected chi connectivity index (χ4v) is 3.57. The Balaban J connectivity index is 1.49. The lowest BCUT2D eigenvalue weighted by atomic mass is 9.96. The molecule has 1 fully saturated rings. The summed E-state index contributed by atoms with van der Waals surface area (Å²) in [5, 5.41) is 0. The van der Waals surface area contributed by atoms with E-state index >= 15 is 0 Å². The van der Waals surface area contributed by atoms with Crippen LogP contribution >= 0.6 is 0 Å². The molecule has 0 bridgehead atoms. The topological polar surface area (TPSA) is 53.5 Å². The number of H-pyrrole nitrogens is 1. The summed E-state index contributed by atoms with van der Waals surface area (Å²) in [6, 6.07) is 4.31. The Morgan fingerprint density at radius 2 is 2.17 bits per heavy atom. The Kier molecular flexibility index (Phi) is 4.34. The Bertz CT molecular complexity index is 771. The maximum atomic E-state index is 5.45. The fourth-order valence-electron chi connectivity index (χ4n) is 3.57. The molecule has 3 heterocycles. The van der Waals surface area contributed by atoms with Gasteiger partial charge in [0.1, 0.15) is 0 Å². The summed E-state index contributed by atoms with van der Waals surface area (Å²) in [5.74, 6) is 0.804. The van der Waals surface area contributed by atoms with Crippen LogP contribution in [0.4, 0.5) is 0 Å². The van der Waals surface area contributed by atoms with E-state index in [4.69, 9.17) is 4.74 Å². The SMILES string of the molecule is Cc1cc(C2=CN(CCC3CCOCC3)CC=N2)cc2[nH]cnc12. The molecule has 0 radical (unpaired) electrons. The van der Waals surface area contributed by atoms with Crippen LogP contribution in [0.25, 0.3) is 16.7 Å². The lowest BCUT2D eigenvalue weighted by molar-refractivity contribution is 0.0620. The molecule has 0 atom stereocenters. The van der Waals surface area contributed by atoms with E-state index in [0.717, 1.165) is 54.5 Å². The number of rotatable bonds is 4. The molecule has 0 aliphatic carbocycles. The van der Waals surface area contributed by atoms with Crippen molar-refractivity contribution in [2.75, 3.05) is 26.3 Å². The number of aryl methyl sites for hydroxylation is 1. The number of imidazole rings is 1. The van der Waals surface area contributed by atoms with Gasteiger partial charge in [-0.1, -0.05) is 0 Å². The van der Waals surface area contributed by atoms with E-state index in [1.54, 1.807) is 6.33 Å². The Hall–Kier alpha value is -2.14. The molecule has 2 aliphatic heterocycles. The van der Waals surface area contributed by atoms with Crippen molar-refractivity contribution in [3.8, 4) is 0 Å². The number of aromatic nitrogens is 2. The van der Waals surface area contributed by atoms with Crippen LogP contribution < -0.4 is 0 Å². The minimum Gasteiger partial charge on any atom is -0.381 e. The zero-order valence-corrected chi connectivity index (χ0v) is 14.2. The number of aromatic amines is 1. The zero-order chi connectivity index (χ0) is 16.4. The molecule has 2 aliphatic rings. The zero-order valence-electron chi connectivity index (χ0n) is 14.2. The molecular formula is C19H24N4O. The summed E-state index contributed by atoms with van der Waals surface area (Å²) in [7, 11) is 0. The third-order valence-electron chi connectivity index (χ3n) is 5.03. The monoisotopic (exact) mass is 324 g/mol. The maximum Gasteiger partial charge on any atom is 0.0931 e. The third kappa shape index (κ3) is 3.22. The highest BCUT2D eigenvalue weighted by Gasteiger charge is 2.16. The van der Waals surface area contributed by atoms with E-state index in [1.807, 2.05) is 6.21 Å². The van der Waals surface area contributed by atoms with Crippen molar-refractivity contribution in [3.63, 3.8) is 0 Å². The number of aliphatic imine (C=N–C) groups is 1. The highest BCUT2D eigenvalue weighted by molar-refractivity contribution is 5.85. The second-order valence-electron chi connectivity index (χ2n) is 6.76. The molecule has 0 unspecified atom stereocenters. The Morgan fingerprint density at radius 1 is 1.29 bits per heavy atom. The molecule has 24 heavy (non-hydrogen) atoms. The highest BCUT2D eigenvalue weighted by atomic mass is 16.5. The van der Waals surface area contributed by atoms with Crippen molar-refractivity contribution in [1.82, 2.24) is 14.9 Å². The normalized spacial score (nSPS) is 19.0. The summed E-state index contributed by atoms with van der Waals surface area (Å²) >= 11 is 0. The van der Waals surface area contributed by atoms with Crippen LogP contribution in [0.1, 0.15) is 30.4 Å². The van der Waals surface area contributed by atoms with Gasteiger partial charge in [0.2, 0.25) is 0 Å². The molecule has 0 amide bonds. The molecule has 4 rings (SSSR count). The Morgan fingerprint density at radius 3 is 3.04 bits per heavy atom. The van der Waals surface area contributed by atoms with Crippen molar-refractivity contribution < 1.29 is 4.74 Å². The molecule has 1 aromatic heterocycles. The predicted molar refractivity (Wildman–Crippen MR) is 97.0 cm³/mol. The van der Waals surface area contributed by atoms with Gasteiger partial charge in [-0.3, -0.25) is 4.99 Å². The lowest BCUT2D eigenvalue weighted by Crippen LogP contribution is -2.27. The molecule has 5 nitrogen and oxygen atoms in total. The smallest absolute Gasteiger partial charge is 0.0931 e. The summed E-state index contributed by atoms with van der Waals surface area (Å²) in [6.45, 7) is 5.94. The molecular weight excluding hydrogens is 300 g/mol. The van der Waals surface area contributed by atoms with Crippen LogP contribution in [0.2, 0.25) is 0 Å². The van der Waals surface area contributed by atoms with Gasteiger partial charge >= 0.3 is 0 Å². The van der Waals surface area contributed by atoms with Gasteiger partial charge in [-0.15, -0.1) is 0 Å². The van der Waals surface area contributed by atoms with E-state index < -0.39 is 0 Å². The van der Waals surface area contributed by atoms with Gasteiger partial charge in [0.25, 0.3) is 0 Å². The van der Waals surface area contributed by atoms with Crippen LogP contribution in [0.5, 0.6) is 0 Å². The van der Waals surface area contributed by atoms with Gasteiger partial charge in [0.15, 0.2) is 0 Å². The average molecular weight is 324 g/mol. The van der Waals surface area contributed by atoms with Gasteiger partial charge in [0.05, 0.1) is 29.6 Å². The second kappa shape index (κ2) is 6.77. The van der Waals surface area contributed by atoms with Crippen LogP contribution in [-0.2, 0) is 4.74 Å². The first-order valence-electron chi connectivity index (χ1n) is 8.80. The van der Waals surface area contributed by atoms with E-state index in [1.165, 1.54) is 24.8 Å². The van der Waals surface area contributed by atoms with Gasteiger partial charge in [-0.25, -0.2) is 4.98 Å². The van der Waals surface area contributed by atoms with Crippen molar-refractivity contribution >= 4 is 22.9 Å². The second-order valence-corrected chi connectivity index (χ2v) is 6.76. The number of hydrogen-bond acceptors (Lipinski definition) is 4. The fraction of sp³-hybridized carbons (Fsp3) is 0.474. The van der Waals surface area contributed by atoms with E-state index in [2.05, 4.69) is 45.1 Å². The van der Waals surface area contributed by atoms with E-state index in [0.29, 0.717) is 0 Å². The first-order chi connectivity index (χ1) is 11.8. The van der Waals surface area contributed by atoms with Crippen LogP contribution in [0.15, 0.2) is 29.7 Å². The molecule has 1 saturated heterocycles. The molecule has 1 N–H and O–H groups in total. The number of hydrogen-bond donors (Lipinski definition) is 1. The molecule has 0 saturated carbocycles. The quantitative estimate of drug-likeness (QED) is 0.938. The van der Waals surface area contributed by atoms with Crippen LogP contribution in [0, 0.1) is 12.8 Å². The molecule has 5 heteroatoms. The van der Waals surface area contributed by atoms with Crippen molar-refractivity contribution in [2.45, 2.75) is 26.2 Å². The lowest BCUT2D eigenvalue weighted by Gasteiger charge is -2.27. The number of ether oxygens (including phenoxy) is 1. The third-order valence-corrected chi connectivity index (χ3v) is 5.03. The van der Waals surface area contributed by atoms with Gasteiger partial charge in [-0.2, -0.15) is 0 Å². The standard InChI is InChI=1S/C19H24N4O/c1-14-10-16(11-17-19(14)22-13-21-17)18-12-23(7-5-20-18)6-2-15-3-8-24-9-4-15/h5,10-13,15H,2-4,6-9H2,1H3,(H,21,22). The highest BCUT2D eigenvalue weighted by Crippen LogP contribution is 2.25. The van der Waals surface area contributed by atoms with Gasteiger partial charge < -0.3 is 14.6 Å². The summed E-state index contributed by atoms with van der Waals surface area (Å²) in [5.41, 5.74) is 5.47. The molecule has 126 valence electrons. The first kappa shape index (κ1) is 15.4. The molecule has 0 spiro atoms. The molecule has 1 aromatic carbocycles. The Labute approximate surface area is 142 Å². The van der Waals surface area contributed by atoms with Gasteiger partial charge in [0, 0.05) is 37.7 Å². The maximum absolute atomic E-state index is 5.45. The van der Waals surface area contributed by atoms with Crippen molar-refractivity contribution in [2.24, 2.45) is 10.9 Å². The average Bonchev–Trinajstić information content (AvgIpc) is 3.10. The summed E-state index contributed by atoms with van der Waals surface area (Å²) < 4.78 is 5.45. The number of nitrogens with zero attached hydrogens (tertiary/aromatic N) is 3. The van der Waals surface area contributed by atoms with Gasteiger partial charge in [-0.05, 0) is 49.8 Å². The summed E-state index contributed by atoms with van der Waals surface area (Å²) in [4.78, 5) is 14.6. The minimum atomic E-state index is 0.804. The number of benzene rings is 1. The van der Waals surface area contributed by atoms with E-state index in [-0.39, 0.29) is 0 Å². The van der Waals surface area contributed by atoms with Crippen LogP contribution in [-0.4, -0.2) is 47.4 Å². The van der Waals surface area contributed by atoms with E-state index in [9.17, 15) is 0 Å². The largest absolute Gasteiger partial charge is 0.381 e. The molecule has 2 aromatic rings. The first-order valence-corrected chi connectivity index (χ1v) is 8.80. The minimum absolute atomic E-state index is 0.804. The van der Waals surface area contributed by atoms with Crippen LogP contribution in [0.3, 0.4) is 0 Å². The van der Waals surface area contributed by atoms with Crippen molar-refractivity contribution in [1.29, 1.82) is 0 Å². The number of fused-ring (bicyclic) bond motifs is 1. The predicted octanol–water partition coefficient (Wildman–Crippen LogP) is 3.37. The van der Waals surface area contributed by atoms with Crippen molar-refractivity contribution in [3.05, 3.63) is 35.8 Å². The number of nitrogens with one attached hydrogen (secondary N) is 1.